The monoisotopic (exact) mass is 305 g/mol. The van der Waals surface area contributed by atoms with Crippen LogP contribution in [0.2, 0.25) is 0 Å². The van der Waals surface area contributed by atoms with Crippen molar-refractivity contribution in [1.82, 2.24) is 5.32 Å². The fraction of sp³-hybridized carbons (Fsp3) is 0.294. The van der Waals surface area contributed by atoms with Crippen LogP contribution in [-0.4, -0.2) is 19.4 Å². The third-order valence-electron chi connectivity index (χ3n) is 3.23. The van der Waals surface area contributed by atoms with Gasteiger partial charge >= 0.3 is 0 Å². The highest BCUT2D eigenvalue weighted by molar-refractivity contribution is 7.99. The minimum absolute atomic E-state index is 0.191. The molecule has 1 N–H and O–H groups in total. The predicted octanol–water partition coefficient (Wildman–Crippen LogP) is 4.28. The lowest BCUT2D eigenvalue weighted by molar-refractivity contribution is 0.413. The molecule has 0 saturated carbocycles. The molecule has 4 heteroatoms. The molecule has 0 saturated heterocycles. The fourth-order valence-electron chi connectivity index (χ4n) is 2.00. The molecule has 0 aliphatic heterocycles. The van der Waals surface area contributed by atoms with E-state index < -0.39 is 0 Å². The smallest absolute Gasteiger partial charge is 0.123 e. The van der Waals surface area contributed by atoms with Gasteiger partial charge in [-0.25, -0.2) is 4.39 Å². The highest BCUT2D eigenvalue weighted by Crippen LogP contribution is 2.20. The molecule has 0 amide bonds. The summed E-state index contributed by atoms with van der Waals surface area (Å²) >= 11 is 1.72. The van der Waals surface area contributed by atoms with Crippen molar-refractivity contribution in [3.63, 3.8) is 0 Å². The molecule has 112 valence electrons. The molecule has 0 aliphatic rings. The van der Waals surface area contributed by atoms with E-state index in [1.54, 1.807) is 18.9 Å². The number of ether oxygens (including phenoxy) is 1. The van der Waals surface area contributed by atoms with Crippen molar-refractivity contribution in [2.45, 2.75) is 17.9 Å². The van der Waals surface area contributed by atoms with Crippen molar-refractivity contribution in [3.05, 3.63) is 59.9 Å². The second kappa shape index (κ2) is 8.05. The normalized spacial score (nSPS) is 12.1. The Hall–Kier alpha value is -1.52. The van der Waals surface area contributed by atoms with Crippen LogP contribution >= 0.6 is 11.8 Å². The van der Waals surface area contributed by atoms with Crippen molar-refractivity contribution in [1.29, 1.82) is 0 Å². The van der Waals surface area contributed by atoms with Gasteiger partial charge in [0, 0.05) is 23.2 Å². The largest absolute Gasteiger partial charge is 0.497 e. The van der Waals surface area contributed by atoms with E-state index in [9.17, 15) is 4.39 Å². The van der Waals surface area contributed by atoms with Crippen molar-refractivity contribution in [2.24, 2.45) is 0 Å². The first-order chi connectivity index (χ1) is 10.2. The van der Waals surface area contributed by atoms with Gasteiger partial charge in [-0.05, 0) is 48.9 Å². The molecule has 2 aromatic rings. The molecule has 0 aliphatic carbocycles. The molecular weight excluding hydrogens is 285 g/mol. The fourth-order valence-corrected chi connectivity index (χ4v) is 2.79. The maximum atomic E-state index is 12.8. The summed E-state index contributed by atoms with van der Waals surface area (Å²) in [5.41, 5.74) is 1.21. The third-order valence-corrected chi connectivity index (χ3v) is 4.24. The third kappa shape index (κ3) is 5.06. The molecule has 2 aromatic carbocycles. The first-order valence-corrected chi connectivity index (χ1v) is 7.93. The Morgan fingerprint density at radius 2 is 1.95 bits per heavy atom. The molecule has 0 bridgehead atoms. The van der Waals surface area contributed by atoms with Gasteiger partial charge in [0.2, 0.25) is 0 Å². The Bertz CT molecular complexity index is 559. The van der Waals surface area contributed by atoms with Crippen LogP contribution in [0.3, 0.4) is 0 Å². The van der Waals surface area contributed by atoms with Crippen LogP contribution in [0.5, 0.6) is 5.75 Å². The van der Waals surface area contributed by atoms with E-state index in [1.165, 1.54) is 17.7 Å². The molecule has 1 unspecified atom stereocenters. The van der Waals surface area contributed by atoms with Crippen molar-refractivity contribution in [2.75, 3.05) is 19.4 Å². The average Bonchev–Trinajstić information content (AvgIpc) is 2.53. The Balaban J connectivity index is 1.76. The molecule has 21 heavy (non-hydrogen) atoms. The summed E-state index contributed by atoms with van der Waals surface area (Å²) in [5, 5.41) is 3.48. The summed E-state index contributed by atoms with van der Waals surface area (Å²) in [6.07, 6.45) is 0. The molecule has 0 fully saturated rings. The van der Waals surface area contributed by atoms with Crippen LogP contribution in [0.15, 0.2) is 53.4 Å². The maximum Gasteiger partial charge on any atom is 0.123 e. The molecule has 1 atom stereocenters. The second-order valence-electron chi connectivity index (χ2n) is 4.75. The molecular formula is C17H20FNOS. The van der Waals surface area contributed by atoms with Gasteiger partial charge in [0.15, 0.2) is 0 Å². The Morgan fingerprint density at radius 3 is 2.67 bits per heavy atom. The first-order valence-electron chi connectivity index (χ1n) is 6.95. The molecule has 0 radical (unpaired) electrons. The summed E-state index contributed by atoms with van der Waals surface area (Å²) in [6, 6.07) is 15.0. The predicted molar refractivity (Wildman–Crippen MR) is 86.5 cm³/mol. The van der Waals surface area contributed by atoms with E-state index in [0.717, 1.165) is 22.9 Å². The van der Waals surface area contributed by atoms with Crippen molar-refractivity contribution >= 4 is 11.8 Å². The van der Waals surface area contributed by atoms with Crippen molar-refractivity contribution in [3.8, 4) is 5.75 Å². The molecule has 0 aromatic heterocycles. The summed E-state index contributed by atoms with van der Waals surface area (Å²) in [4.78, 5) is 1.09. The minimum atomic E-state index is -0.191. The van der Waals surface area contributed by atoms with Gasteiger partial charge < -0.3 is 10.1 Å². The molecule has 0 heterocycles. The van der Waals surface area contributed by atoms with Gasteiger partial charge in [-0.1, -0.05) is 12.1 Å². The zero-order chi connectivity index (χ0) is 15.1. The van der Waals surface area contributed by atoms with Gasteiger partial charge in [0.05, 0.1) is 7.11 Å². The summed E-state index contributed by atoms with van der Waals surface area (Å²) in [7, 11) is 1.68. The molecule has 2 nitrogen and oxygen atoms in total. The number of hydrogen-bond donors (Lipinski definition) is 1. The zero-order valence-electron chi connectivity index (χ0n) is 12.3. The topological polar surface area (TPSA) is 21.3 Å². The molecule has 0 spiro atoms. The molecule has 2 rings (SSSR count). The van der Waals surface area contributed by atoms with Gasteiger partial charge in [-0.3, -0.25) is 0 Å². The second-order valence-corrected chi connectivity index (χ2v) is 5.92. The van der Waals surface area contributed by atoms with E-state index >= 15 is 0 Å². The highest BCUT2D eigenvalue weighted by atomic mass is 32.2. The van der Waals surface area contributed by atoms with Gasteiger partial charge in [-0.2, -0.15) is 0 Å². The Morgan fingerprint density at radius 1 is 1.19 bits per heavy atom. The van der Waals surface area contributed by atoms with Gasteiger partial charge in [0.25, 0.3) is 0 Å². The Kier molecular flexibility index (Phi) is 6.08. The maximum absolute atomic E-state index is 12.8. The van der Waals surface area contributed by atoms with Crippen LogP contribution in [-0.2, 0) is 0 Å². The lowest BCUT2D eigenvalue weighted by atomic mass is 10.1. The van der Waals surface area contributed by atoms with E-state index in [2.05, 4.69) is 18.3 Å². The Labute approximate surface area is 129 Å². The van der Waals surface area contributed by atoms with Gasteiger partial charge in [-0.15, -0.1) is 11.8 Å². The van der Waals surface area contributed by atoms with E-state index in [1.807, 2.05) is 30.3 Å². The van der Waals surface area contributed by atoms with E-state index in [-0.39, 0.29) is 11.9 Å². The van der Waals surface area contributed by atoms with E-state index in [4.69, 9.17) is 4.74 Å². The number of benzene rings is 2. The van der Waals surface area contributed by atoms with E-state index in [0.29, 0.717) is 0 Å². The van der Waals surface area contributed by atoms with Crippen LogP contribution in [0.25, 0.3) is 0 Å². The quantitative estimate of drug-likeness (QED) is 0.609. The minimum Gasteiger partial charge on any atom is -0.497 e. The van der Waals surface area contributed by atoms with Crippen LogP contribution in [0, 0.1) is 5.82 Å². The standard InChI is InChI=1S/C17H20FNOS/c1-13(14-4-3-5-16(12-14)20-2)19-10-11-21-17-8-6-15(18)7-9-17/h3-9,12-13,19H,10-11H2,1-2H3. The zero-order valence-corrected chi connectivity index (χ0v) is 13.1. The van der Waals surface area contributed by atoms with Crippen LogP contribution in [0.4, 0.5) is 4.39 Å². The number of methoxy groups -OCH3 is 1. The average molecular weight is 305 g/mol. The first kappa shape index (κ1) is 15.9. The number of nitrogens with one attached hydrogen (secondary N) is 1. The summed E-state index contributed by atoms with van der Waals surface area (Å²) in [5.74, 6) is 1.63. The number of rotatable bonds is 7. The lowest BCUT2D eigenvalue weighted by Gasteiger charge is -2.15. The number of hydrogen-bond acceptors (Lipinski definition) is 3. The van der Waals surface area contributed by atoms with Crippen molar-refractivity contribution < 1.29 is 9.13 Å². The highest BCUT2D eigenvalue weighted by Gasteiger charge is 2.05. The van der Waals surface area contributed by atoms with Gasteiger partial charge in [0.1, 0.15) is 11.6 Å². The summed E-state index contributed by atoms with van der Waals surface area (Å²) in [6.45, 7) is 3.03. The number of halogens is 1. The van der Waals surface area contributed by atoms with Crippen LogP contribution < -0.4 is 10.1 Å². The van der Waals surface area contributed by atoms with Crippen LogP contribution in [0.1, 0.15) is 18.5 Å². The number of thioether (sulfide) groups is 1. The lowest BCUT2D eigenvalue weighted by Crippen LogP contribution is -2.21. The summed E-state index contributed by atoms with van der Waals surface area (Å²) < 4.78 is 18.0. The SMILES string of the molecule is COc1cccc(C(C)NCCSc2ccc(F)cc2)c1.